The number of carbonyl (C=O) groups is 1. The van der Waals surface area contributed by atoms with Crippen LogP contribution in [0.5, 0.6) is 0 Å². The molecule has 0 spiro atoms. The largest absolute Gasteiger partial charge is 0.418 e. The van der Waals surface area contributed by atoms with Gasteiger partial charge in [0.15, 0.2) is 6.29 Å². The van der Waals surface area contributed by atoms with Gasteiger partial charge in [-0.25, -0.2) is 13.8 Å². The van der Waals surface area contributed by atoms with Gasteiger partial charge in [0.2, 0.25) is 0 Å². The standard InChI is InChI=1S/C9H3F5N2O/c10-8(11)7-4(3-17)5(9(12,13)14)2-16-6(7)1-15/h2-3,8H. The number of aromatic nitrogens is 1. The van der Waals surface area contributed by atoms with Gasteiger partial charge >= 0.3 is 6.18 Å². The maximum absolute atomic E-state index is 12.5. The molecule has 0 aliphatic rings. The van der Waals surface area contributed by atoms with Crippen molar-refractivity contribution in [3.63, 3.8) is 0 Å². The number of rotatable bonds is 2. The molecule has 0 aromatic carbocycles. The highest BCUT2D eigenvalue weighted by Crippen LogP contribution is 2.35. The lowest BCUT2D eigenvalue weighted by atomic mass is 10.0. The van der Waals surface area contributed by atoms with Gasteiger partial charge in [-0.2, -0.15) is 18.4 Å². The molecule has 8 heteroatoms. The highest BCUT2D eigenvalue weighted by molar-refractivity contribution is 5.81. The van der Waals surface area contributed by atoms with Crippen molar-refractivity contribution in [2.75, 3.05) is 0 Å². The van der Waals surface area contributed by atoms with E-state index >= 15 is 0 Å². The minimum absolute atomic E-state index is 0.189. The van der Waals surface area contributed by atoms with E-state index in [2.05, 4.69) is 4.98 Å². The van der Waals surface area contributed by atoms with Gasteiger partial charge in [0.25, 0.3) is 6.43 Å². The Hall–Kier alpha value is -2.04. The van der Waals surface area contributed by atoms with Crippen LogP contribution in [0.25, 0.3) is 0 Å². The fourth-order valence-electron chi connectivity index (χ4n) is 1.20. The summed E-state index contributed by atoms with van der Waals surface area (Å²) in [6.45, 7) is 0. The summed E-state index contributed by atoms with van der Waals surface area (Å²) in [6, 6.07) is 1.21. The van der Waals surface area contributed by atoms with Crippen LogP contribution in [0, 0.1) is 11.3 Å². The highest BCUT2D eigenvalue weighted by Gasteiger charge is 2.37. The normalized spacial score (nSPS) is 11.4. The summed E-state index contributed by atoms with van der Waals surface area (Å²) in [7, 11) is 0. The van der Waals surface area contributed by atoms with Gasteiger partial charge in [0.1, 0.15) is 11.8 Å². The van der Waals surface area contributed by atoms with Crippen LogP contribution >= 0.6 is 0 Å². The molecule has 0 amide bonds. The van der Waals surface area contributed by atoms with Crippen LogP contribution in [0.3, 0.4) is 0 Å². The van der Waals surface area contributed by atoms with Gasteiger partial charge in [-0.15, -0.1) is 0 Å². The van der Waals surface area contributed by atoms with Crippen LogP contribution in [0.15, 0.2) is 6.20 Å². The second kappa shape index (κ2) is 4.45. The molecule has 0 atom stereocenters. The van der Waals surface area contributed by atoms with Crippen LogP contribution in [0.2, 0.25) is 0 Å². The van der Waals surface area contributed by atoms with Crippen molar-refractivity contribution in [1.82, 2.24) is 4.98 Å². The first kappa shape index (κ1) is 13.0. The molecule has 1 aromatic rings. The van der Waals surface area contributed by atoms with E-state index in [4.69, 9.17) is 5.26 Å². The molecule has 1 aromatic heterocycles. The predicted molar refractivity (Wildman–Crippen MR) is 44.3 cm³/mol. The second-order valence-electron chi connectivity index (χ2n) is 2.88. The smallest absolute Gasteiger partial charge is 0.298 e. The highest BCUT2D eigenvalue weighted by atomic mass is 19.4. The zero-order chi connectivity index (χ0) is 13.2. The zero-order valence-electron chi connectivity index (χ0n) is 7.92. The van der Waals surface area contributed by atoms with E-state index in [0.29, 0.717) is 0 Å². The Kier molecular flexibility index (Phi) is 3.41. The summed E-state index contributed by atoms with van der Waals surface area (Å²) in [5.74, 6) is 0. The summed E-state index contributed by atoms with van der Waals surface area (Å²) in [5, 5.41) is 8.44. The van der Waals surface area contributed by atoms with Gasteiger partial charge in [-0.3, -0.25) is 4.79 Å². The lowest BCUT2D eigenvalue weighted by Crippen LogP contribution is -2.14. The minimum Gasteiger partial charge on any atom is -0.298 e. The number of carbonyl (C=O) groups excluding carboxylic acids is 1. The number of aldehydes is 1. The number of halogens is 5. The number of hydrogen-bond donors (Lipinski definition) is 0. The Morgan fingerprint density at radius 3 is 2.35 bits per heavy atom. The summed E-state index contributed by atoms with van der Waals surface area (Å²) in [6.07, 6.45) is -8.54. The average Bonchev–Trinajstić information content (AvgIpc) is 2.25. The number of nitrogens with zero attached hydrogens (tertiary/aromatic N) is 2. The van der Waals surface area contributed by atoms with E-state index in [9.17, 15) is 26.7 Å². The molecule has 0 aliphatic heterocycles. The molecule has 17 heavy (non-hydrogen) atoms. The fraction of sp³-hybridized carbons (Fsp3) is 0.222. The van der Waals surface area contributed by atoms with E-state index in [1.165, 1.54) is 6.07 Å². The summed E-state index contributed by atoms with van der Waals surface area (Å²) in [5.41, 5.74) is -5.02. The molecule has 0 saturated heterocycles. The summed E-state index contributed by atoms with van der Waals surface area (Å²) >= 11 is 0. The SMILES string of the molecule is N#Cc1ncc(C(F)(F)F)c(C=O)c1C(F)F. The molecule has 90 valence electrons. The van der Waals surface area contributed by atoms with Gasteiger partial charge in [0, 0.05) is 11.8 Å². The zero-order valence-corrected chi connectivity index (χ0v) is 7.92. The van der Waals surface area contributed by atoms with Crippen molar-refractivity contribution in [1.29, 1.82) is 5.26 Å². The third-order valence-electron chi connectivity index (χ3n) is 1.91. The molecule has 1 heterocycles. The second-order valence-corrected chi connectivity index (χ2v) is 2.88. The van der Waals surface area contributed by atoms with Crippen molar-refractivity contribution in [3.8, 4) is 6.07 Å². The molecule has 0 unspecified atom stereocenters. The molecular formula is C9H3F5N2O. The van der Waals surface area contributed by atoms with E-state index in [1.807, 2.05) is 0 Å². The van der Waals surface area contributed by atoms with Crippen LogP contribution in [0.4, 0.5) is 22.0 Å². The predicted octanol–water partition coefficient (Wildman–Crippen LogP) is 2.72. The van der Waals surface area contributed by atoms with Gasteiger partial charge in [0.05, 0.1) is 11.1 Å². The number of pyridine rings is 1. The monoisotopic (exact) mass is 250 g/mol. The number of alkyl halides is 5. The van der Waals surface area contributed by atoms with E-state index < -0.39 is 35.0 Å². The Balaban J connectivity index is 3.66. The fourth-order valence-corrected chi connectivity index (χ4v) is 1.20. The Bertz CT molecular complexity index is 489. The molecule has 0 radical (unpaired) electrons. The van der Waals surface area contributed by atoms with Crippen molar-refractivity contribution < 1.29 is 26.7 Å². The Morgan fingerprint density at radius 2 is 2.00 bits per heavy atom. The van der Waals surface area contributed by atoms with Gasteiger partial charge in [-0.05, 0) is 0 Å². The molecule has 0 N–H and O–H groups in total. The molecule has 0 saturated carbocycles. The summed E-state index contributed by atoms with van der Waals surface area (Å²) in [4.78, 5) is 13.5. The third-order valence-corrected chi connectivity index (χ3v) is 1.91. The lowest BCUT2D eigenvalue weighted by Gasteiger charge is -2.12. The lowest BCUT2D eigenvalue weighted by molar-refractivity contribution is -0.138. The Morgan fingerprint density at radius 1 is 1.41 bits per heavy atom. The molecule has 0 fully saturated rings. The Labute approximate surface area is 91.5 Å². The first-order valence-corrected chi connectivity index (χ1v) is 4.06. The average molecular weight is 250 g/mol. The van der Waals surface area contributed by atoms with E-state index in [1.54, 1.807) is 0 Å². The maximum atomic E-state index is 12.5. The van der Waals surface area contributed by atoms with Crippen LogP contribution in [-0.4, -0.2) is 11.3 Å². The molecule has 0 bridgehead atoms. The van der Waals surface area contributed by atoms with Crippen molar-refractivity contribution in [3.05, 3.63) is 28.6 Å². The van der Waals surface area contributed by atoms with Crippen molar-refractivity contribution in [2.24, 2.45) is 0 Å². The van der Waals surface area contributed by atoms with E-state index in [0.717, 1.165) is 0 Å². The quantitative estimate of drug-likeness (QED) is 0.599. The van der Waals surface area contributed by atoms with Crippen LogP contribution < -0.4 is 0 Å². The number of hydrogen-bond acceptors (Lipinski definition) is 3. The third kappa shape index (κ3) is 2.38. The molecule has 3 nitrogen and oxygen atoms in total. The van der Waals surface area contributed by atoms with Gasteiger partial charge < -0.3 is 0 Å². The van der Waals surface area contributed by atoms with Crippen LogP contribution in [0.1, 0.15) is 33.6 Å². The maximum Gasteiger partial charge on any atom is 0.418 e. The van der Waals surface area contributed by atoms with Crippen LogP contribution in [-0.2, 0) is 6.18 Å². The minimum atomic E-state index is -4.99. The van der Waals surface area contributed by atoms with Crippen molar-refractivity contribution in [2.45, 2.75) is 12.6 Å². The first-order valence-electron chi connectivity index (χ1n) is 4.06. The summed E-state index contributed by atoms with van der Waals surface area (Å²) < 4.78 is 62.2. The van der Waals surface area contributed by atoms with Gasteiger partial charge in [-0.1, -0.05) is 0 Å². The molecule has 1 rings (SSSR count). The molecular weight excluding hydrogens is 247 g/mol. The first-order chi connectivity index (χ1) is 7.82. The number of nitriles is 1. The van der Waals surface area contributed by atoms with E-state index in [-0.39, 0.29) is 12.5 Å². The topological polar surface area (TPSA) is 53.8 Å². The van der Waals surface area contributed by atoms with Crippen molar-refractivity contribution >= 4 is 6.29 Å². The molecule has 0 aliphatic carbocycles.